The molecule has 1 amide bonds. The van der Waals surface area contributed by atoms with E-state index in [0.29, 0.717) is 11.4 Å². The van der Waals surface area contributed by atoms with Crippen LogP contribution in [0, 0.1) is 18.3 Å². The lowest BCUT2D eigenvalue weighted by Crippen LogP contribution is -2.13. The normalized spacial score (nSPS) is 10.9. The molecule has 0 spiro atoms. The lowest BCUT2D eigenvalue weighted by atomic mass is 10.2. The van der Waals surface area contributed by atoms with Crippen molar-refractivity contribution < 1.29 is 9.21 Å². The Kier molecular flexibility index (Phi) is 4.38. The number of benzene rings is 1. The highest BCUT2D eigenvalue weighted by molar-refractivity contribution is 9.10. The minimum atomic E-state index is -0.469. The molecule has 0 bridgehead atoms. The zero-order valence-electron chi connectivity index (χ0n) is 10.7. The Morgan fingerprint density at radius 2 is 2.00 bits per heavy atom. The van der Waals surface area contributed by atoms with E-state index in [0.717, 1.165) is 10.2 Å². The van der Waals surface area contributed by atoms with Gasteiger partial charge < -0.3 is 9.73 Å². The molecule has 5 heteroatoms. The molecule has 0 aliphatic carbocycles. The average Bonchev–Trinajstić information content (AvgIpc) is 2.84. The number of nitrogens with one attached hydrogen (secondary N) is 1. The Balaban J connectivity index is 2.16. The minimum absolute atomic E-state index is 0.0118. The molecule has 0 aliphatic heterocycles. The molecule has 0 aliphatic rings. The van der Waals surface area contributed by atoms with Gasteiger partial charge in [0.05, 0.1) is 0 Å². The second-order valence-electron chi connectivity index (χ2n) is 4.08. The molecular weight excluding hydrogens is 320 g/mol. The summed E-state index contributed by atoms with van der Waals surface area (Å²) in [6.45, 7) is 1.80. The number of hydrogen-bond donors (Lipinski definition) is 1. The maximum Gasteiger partial charge on any atom is 0.266 e. The SMILES string of the molecule is Cc1ccc(/C=C(/C#N)C(=O)Nc2ccc(Br)cc2)o1. The van der Waals surface area contributed by atoms with Crippen LogP contribution in [0.1, 0.15) is 11.5 Å². The van der Waals surface area contributed by atoms with Crippen LogP contribution in [-0.4, -0.2) is 5.91 Å². The van der Waals surface area contributed by atoms with Gasteiger partial charge in [0.15, 0.2) is 0 Å². The van der Waals surface area contributed by atoms with Gasteiger partial charge in [-0.05, 0) is 43.3 Å². The van der Waals surface area contributed by atoms with Crippen molar-refractivity contribution in [1.82, 2.24) is 0 Å². The van der Waals surface area contributed by atoms with Crippen molar-refractivity contribution in [2.45, 2.75) is 6.92 Å². The van der Waals surface area contributed by atoms with Gasteiger partial charge in [-0.1, -0.05) is 15.9 Å². The van der Waals surface area contributed by atoms with E-state index in [1.807, 2.05) is 6.07 Å². The molecule has 2 rings (SSSR count). The van der Waals surface area contributed by atoms with Crippen LogP contribution < -0.4 is 5.32 Å². The average molecular weight is 331 g/mol. The fourth-order valence-electron chi connectivity index (χ4n) is 1.55. The van der Waals surface area contributed by atoms with Crippen molar-refractivity contribution in [2.75, 3.05) is 5.32 Å². The maximum absolute atomic E-state index is 12.0. The van der Waals surface area contributed by atoms with Crippen molar-refractivity contribution in [3.8, 4) is 6.07 Å². The number of carbonyl (C=O) groups is 1. The first kappa shape index (κ1) is 14.1. The smallest absolute Gasteiger partial charge is 0.266 e. The number of aryl methyl sites for hydroxylation is 1. The summed E-state index contributed by atoms with van der Waals surface area (Å²) >= 11 is 3.31. The summed E-state index contributed by atoms with van der Waals surface area (Å²) in [7, 11) is 0. The third-order valence-corrected chi connectivity index (χ3v) is 3.04. The molecule has 1 aromatic carbocycles. The van der Waals surface area contributed by atoms with Crippen LogP contribution in [0.5, 0.6) is 0 Å². The first-order valence-electron chi connectivity index (χ1n) is 5.83. The standard InChI is InChI=1S/C15H11BrN2O2/c1-10-2-7-14(20-10)8-11(9-17)15(19)18-13-5-3-12(16)4-6-13/h2-8H,1H3,(H,18,19)/b11-8-. The molecule has 0 unspecified atom stereocenters. The number of halogens is 1. The number of nitrogens with zero attached hydrogens (tertiary/aromatic N) is 1. The van der Waals surface area contributed by atoms with Gasteiger partial charge in [-0.25, -0.2) is 0 Å². The molecule has 0 saturated carbocycles. The first-order valence-corrected chi connectivity index (χ1v) is 6.63. The van der Waals surface area contributed by atoms with Gasteiger partial charge in [0.2, 0.25) is 0 Å². The van der Waals surface area contributed by atoms with Crippen molar-refractivity contribution in [3.05, 3.63) is 58.0 Å². The van der Waals surface area contributed by atoms with Crippen LogP contribution in [0.4, 0.5) is 5.69 Å². The molecule has 0 radical (unpaired) electrons. The van der Waals surface area contributed by atoms with E-state index >= 15 is 0 Å². The lowest BCUT2D eigenvalue weighted by molar-refractivity contribution is -0.112. The fraction of sp³-hybridized carbons (Fsp3) is 0.0667. The van der Waals surface area contributed by atoms with Gasteiger partial charge in [-0.15, -0.1) is 0 Å². The molecular formula is C15H11BrN2O2. The van der Waals surface area contributed by atoms with Crippen LogP contribution in [0.2, 0.25) is 0 Å². The maximum atomic E-state index is 12.0. The van der Waals surface area contributed by atoms with E-state index in [4.69, 9.17) is 9.68 Å². The molecule has 20 heavy (non-hydrogen) atoms. The summed E-state index contributed by atoms with van der Waals surface area (Å²) < 4.78 is 6.23. The van der Waals surface area contributed by atoms with E-state index in [1.54, 1.807) is 43.3 Å². The molecule has 2 aromatic rings. The molecule has 0 saturated heterocycles. The summed E-state index contributed by atoms with van der Waals surface area (Å²) in [5.41, 5.74) is 0.609. The predicted octanol–water partition coefficient (Wildman–Crippen LogP) is 3.90. The highest BCUT2D eigenvalue weighted by Gasteiger charge is 2.10. The monoisotopic (exact) mass is 330 g/mol. The van der Waals surface area contributed by atoms with Gasteiger partial charge in [-0.3, -0.25) is 4.79 Å². The zero-order valence-corrected chi connectivity index (χ0v) is 12.3. The number of rotatable bonds is 3. The van der Waals surface area contributed by atoms with Gasteiger partial charge in [0, 0.05) is 16.2 Å². The molecule has 1 N–H and O–H groups in total. The molecule has 100 valence electrons. The third kappa shape index (κ3) is 3.59. The topological polar surface area (TPSA) is 66.0 Å². The van der Waals surface area contributed by atoms with Crippen molar-refractivity contribution >= 4 is 33.6 Å². The quantitative estimate of drug-likeness (QED) is 0.685. The van der Waals surface area contributed by atoms with Crippen LogP contribution in [0.3, 0.4) is 0 Å². The van der Waals surface area contributed by atoms with E-state index in [1.165, 1.54) is 6.08 Å². The van der Waals surface area contributed by atoms with E-state index < -0.39 is 5.91 Å². The van der Waals surface area contributed by atoms with Gasteiger partial charge in [-0.2, -0.15) is 5.26 Å². The van der Waals surface area contributed by atoms with Gasteiger partial charge in [0.25, 0.3) is 5.91 Å². The molecule has 4 nitrogen and oxygen atoms in total. The van der Waals surface area contributed by atoms with Crippen LogP contribution in [0.25, 0.3) is 6.08 Å². The number of hydrogen-bond acceptors (Lipinski definition) is 3. The fourth-order valence-corrected chi connectivity index (χ4v) is 1.82. The summed E-state index contributed by atoms with van der Waals surface area (Å²) in [5, 5.41) is 11.7. The summed E-state index contributed by atoms with van der Waals surface area (Å²) in [6.07, 6.45) is 1.42. The largest absolute Gasteiger partial charge is 0.462 e. The van der Waals surface area contributed by atoms with Crippen molar-refractivity contribution in [2.24, 2.45) is 0 Å². The zero-order chi connectivity index (χ0) is 14.5. The van der Waals surface area contributed by atoms with Crippen LogP contribution in [-0.2, 0) is 4.79 Å². The Morgan fingerprint density at radius 1 is 1.30 bits per heavy atom. The lowest BCUT2D eigenvalue weighted by Gasteiger charge is -2.03. The predicted molar refractivity (Wildman–Crippen MR) is 79.8 cm³/mol. The molecule has 0 fully saturated rings. The van der Waals surface area contributed by atoms with E-state index in [-0.39, 0.29) is 5.57 Å². The van der Waals surface area contributed by atoms with Crippen LogP contribution >= 0.6 is 15.9 Å². The number of carbonyl (C=O) groups excluding carboxylic acids is 1. The molecule has 0 atom stereocenters. The molecule has 1 aromatic heterocycles. The Morgan fingerprint density at radius 3 is 2.55 bits per heavy atom. The Hall–Kier alpha value is -2.32. The Labute approximate surface area is 124 Å². The summed E-state index contributed by atoms with van der Waals surface area (Å²) in [5.74, 6) is 0.732. The van der Waals surface area contributed by atoms with Crippen molar-refractivity contribution in [1.29, 1.82) is 5.26 Å². The highest BCUT2D eigenvalue weighted by atomic mass is 79.9. The number of furan rings is 1. The second kappa shape index (κ2) is 6.22. The van der Waals surface area contributed by atoms with Crippen LogP contribution in [0.15, 0.2) is 50.9 Å². The summed E-state index contributed by atoms with van der Waals surface area (Å²) in [4.78, 5) is 12.0. The minimum Gasteiger partial charge on any atom is -0.462 e. The van der Waals surface area contributed by atoms with E-state index in [2.05, 4.69) is 21.2 Å². The highest BCUT2D eigenvalue weighted by Crippen LogP contribution is 2.16. The third-order valence-electron chi connectivity index (χ3n) is 2.51. The number of nitriles is 1. The first-order chi connectivity index (χ1) is 9.58. The van der Waals surface area contributed by atoms with Gasteiger partial charge >= 0.3 is 0 Å². The van der Waals surface area contributed by atoms with E-state index in [9.17, 15) is 4.79 Å². The van der Waals surface area contributed by atoms with Crippen molar-refractivity contribution in [3.63, 3.8) is 0 Å². The Bertz CT molecular complexity index is 693. The second-order valence-corrected chi connectivity index (χ2v) is 4.99. The number of anilines is 1. The van der Waals surface area contributed by atoms with Gasteiger partial charge in [0.1, 0.15) is 23.2 Å². The molecule has 1 heterocycles. The number of amides is 1. The summed E-state index contributed by atoms with van der Waals surface area (Å²) in [6, 6.07) is 12.5.